The van der Waals surface area contributed by atoms with Gasteiger partial charge in [-0.05, 0) is 36.2 Å². The predicted molar refractivity (Wildman–Crippen MR) is 113 cm³/mol. The fraction of sp³-hybridized carbons (Fsp3) is 0.130. The number of anilines is 1. The van der Waals surface area contributed by atoms with Gasteiger partial charge < -0.3 is 10.1 Å². The molecule has 0 saturated carbocycles. The predicted octanol–water partition coefficient (Wildman–Crippen LogP) is 4.65. The fourth-order valence-corrected chi connectivity index (χ4v) is 3.21. The summed E-state index contributed by atoms with van der Waals surface area (Å²) in [7, 11) is 1.36. The molecule has 0 saturated heterocycles. The molecule has 0 amide bonds. The number of ether oxygens (including phenoxy) is 1. The highest BCUT2D eigenvalue weighted by molar-refractivity contribution is 5.94. The van der Waals surface area contributed by atoms with Crippen molar-refractivity contribution in [2.24, 2.45) is 0 Å². The molecular formula is C23H20N4O2. The van der Waals surface area contributed by atoms with Gasteiger partial charge in [0, 0.05) is 29.4 Å². The smallest absolute Gasteiger partial charge is 0.339 e. The Labute approximate surface area is 168 Å². The topological polar surface area (TPSA) is 77.0 Å². The van der Waals surface area contributed by atoms with E-state index in [0.29, 0.717) is 5.56 Å². The minimum Gasteiger partial charge on any atom is -0.465 e. The number of pyridine rings is 1. The van der Waals surface area contributed by atoms with Gasteiger partial charge in [0.15, 0.2) is 0 Å². The van der Waals surface area contributed by atoms with Gasteiger partial charge in [-0.1, -0.05) is 36.4 Å². The van der Waals surface area contributed by atoms with E-state index in [-0.39, 0.29) is 6.04 Å². The van der Waals surface area contributed by atoms with Crippen LogP contribution in [0.2, 0.25) is 0 Å². The maximum atomic E-state index is 11.8. The number of nitrogens with zero attached hydrogens (tertiary/aromatic N) is 3. The van der Waals surface area contributed by atoms with Crippen LogP contribution < -0.4 is 5.32 Å². The Morgan fingerprint density at radius 2 is 1.83 bits per heavy atom. The number of nitrogens with one attached hydrogen (secondary N) is 1. The van der Waals surface area contributed by atoms with Crippen molar-refractivity contribution in [1.82, 2.24) is 15.0 Å². The van der Waals surface area contributed by atoms with Crippen molar-refractivity contribution in [1.29, 1.82) is 0 Å². The lowest BCUT2D eigenvalue weighted by molar-refractivity contribution is 0.0600. The van der Waals surface area contributed by atoms with Gasteiger partial charge in [0.25, 0.3) is 0 Å². The third-order valence-electron chi connectivity index (χ3n) is 4.78. The molecule has 0 bridgehead atoms. The third-order valence-corrected chi connectivity index (χ3v) is 4.78. The molecule has 2 aromatic carbocycles. The minimum absolute atomic E-state index is 0.0854. The molecule has 0 aliphatic heterocycles. The lowest BCUT2D eigenvalue weighted by Crippen LogP contribution is -2.08. The molecule has 0 aliphatic carbocycles. The van der Waals surface area contributed by atoms with E-state index in [1.54, 1.807) is 18.6 Å². The van der Waals surface area contributed by atoms with Crippen molar-refractivity contribution in [3.8, 4) is 11.1 Å². The average molecular weight is 384 g/mol. The highest BCUT2D eigenvalue weighted by Crippen LogP contribution is 2.29. The van der Waals surface area contributed by atoms with E-state index in [0.717, 1.165) is 27.8 Å². The van der Waals surface area contributed by atoms with Crippen LogP contribution in [0.15, 0.2) is 73.3 Å². The molecule has 1 atom stereocenters. The Morgan fingerprint density at radius 1 is 1.00 bits per heavy atom. The van der Waals surface area contributed by atoms with E-state index in [9.17, 15) is 4.79 Å². The zero-order valence-electron chi connectivity index (χ0n) is 16.2. The number of rotatable bonds is 5. The number of aromatic nitrogens is 3. The van der Waals surface area contributed by atoms with Gasteiger partial charge in [-0.2, -0.15) is 0 Å². The summed E-state index contributed by atoms with van der Waals surface area (Å²) in [4.78, 5) is 24.8. The summed E-state index contributed by atoms with van der Waals surface area (Å²) in [6.07, 6.45) is 4.77. The Kier molecular flexibility index (Phi) is 5.16. The molecule has 0 aliphatic rings. The molecule has 6 heteroatoms. The van der Waals surface area contributed by atoms with Crippen LogP contribution in [0.1, 0.15) is 28.9 Å². The van der Waals surface area contributed by atoms with Crippen LogP contribution in [-0.4, -0.2) is 28.0 Å². The van der Waals surface area contributed by atoms with E-state index in [2.05, 4.69) is 39.3 Å². The number of carbonyl (C=O) groups is 1. The van der Waals surface area contributed by atoms with Crippen LogP contribution in [0.25, 0.3) is 22.0 Å². The van der Waals surface area contributed by atoms with Crippen molar-refractivity contribution in [3.63, 3.8) is 0 Å². The van der Waals surface area contributed by atoms with Crippen molar-refractivity contribution in [2.75, 3.05) is 12.4 Å². The first-order chi connectivity index (χ1) is 14.2. The Morgan fingerprint density at radius 3 is 2.62 bits per heavy atom. The number of carbonyl (C=O) groups excluding carboxylic acids is 1. The maximum Gasteiger partial charge on any atom is 0.339 e. The van der Waals surface area contributed by atoms with E-state index in [4.69, 9.17) is 4.74 Å². The van der Waals surface area contributed by atoms with E-state index >= 15 is 0 Å². The quantitative estimate of drug-likeness (QED) is 0.505. The first-order valence-corrected chi connectivity index (χ1v) is 9.25. The molecule has 1 N–H and O–H groups in total. The van der Waals surface area contributed by atoms with Gasteiger partial charge in [0.1, 0.15) is 12.1 Å². The lowest BCUT2D eigenvalue weighted by Gasteiger charge is -2.16. The summed E-state index contributed by atoms with van der Waals surface area (Å²) in [6.45, 7) is 2.09. The van der Waals surface area contributed by atoms with Crippen molar-refractivity contribution in [3.05, 3.63) is 84.4 Å². The summed E-state index contributed by atoms with van der Waals surface area (Å²) in [5, 5.41) is 4.38. The third kappa shape index (κ3) is 3.91. The number of benzene rings is 2. The molecular weight excluding hydrogens is 364 g/mol. The Hall–Kier alpha value is -3.80. The maximum absolute atomic E-state index is 11.8. The van der Waals surface area contributed by atoms with Crippen molar-refractivity contribution < 1.29 is 9.53 Å². The van der Waals surface area contributed by atoms with Crippen LogP contribution >= 0.6 is 0 Å². The van der Waals surface area contributed by atoms with Crippen molar-refractivity contribution in [2.45, 2.75) is 13.0 Å². The van der Waals surface area contributed by atoms with Gasteiger partial charge in [0.05, 0.1) is 18.2 Å². The fourth-order valence-electron chi connectivity index (χ4n) is 3.21. The molecule has 29 heavy (non-hydrogen) atoms. The summed E-state index contributed by atoms with van der Waals surface area (Å²) in [5.41, 5.74) is 4.15. The summed E-state index contributed by atoms with van der Waals surface area (Å²) < 4.78 is 4.79. The Bertz CT molecular complexity index is 1160. The lowest BCUT2D eigenvalue weighted by atomic mass is 10.0. The van der Waals surface area contributed by atoms with Gasteiger partial charge in [-0.3, -0.25) is 4.98 Å². The summed E-state index contributed by atoms with van der Waals surface area (Å²) >= 11 is 0. The summed E-state index contributed by atoms with van der Waals surface area (Å²) in [6, 6.07) is 18.0. The number of esters is 1. The zero-order chi connectivity index (χ0) is 20.2. The monoisotopic (exact) mass is 384 g/mol. The van der Waals surface area contributed by atoms with Crippen LogP contribution in [0.5, 0.6) is 0 Å². The molecule has 2 heterocycles. The molecule has 0 unspecified atom stereocenters. The second kappa shape index (κ2) is 8.06. The molecule has 0 fully saturated rings. The van der Waals surface area contributed by atoms with E-state index < -0.39 is 5.97 Å². The summed E-state index contributed by atoms with van der Waals surface area (Å²) in [5.74, 6) is 0.341. The van der Waals surface area contributed by atoms with E-state index in [1.165, 1.54) is 18.9 Å². The van der Waals surface area contributed by atoms with Gasteiger partial charge >= 0.3 is 5.97 Å². The second-order valence-corrected chi connectivity index (χ2v) is 6.68. The molecule has 144 valence electrons. The molecule has 4 aromatic rings. The van der Waals surface area contributed by atoms with Gasteiger partial charge in [-0.15, -0.1) is 0 Å². The average Bonchev–Trinajstić information content (AvgIpc) is 2.79. The second-order valence-electron chi connectivity index (χ2n) is 6.68. The molecule has 6 nitrogen and oxygen atoms in total. The van der Waals surface area contributed by atoms with Crippen LogP contribution in [0, 0.1) is 0 Å². The number of hydrogen-bond donors (Lipinski definition) is 1. The standard InChI is InChI=1S/C23H20N4O2/c1-15(16-6-4-3-5-7-16)27-22-20-11-17(8-9-21(20)25-14-26-22)18-10-19(13-24-12-18)23(28)29-2/h3-15H,1-2H3,(H,25,26,27)/t15-/m1/s1. The number of hydrogen-bond acceptors (Lipinski definition) is 6. The van der Waals surface area contributed by atoms with Crippen molar-refractivity contribution >= 4 is 22.7 Å². The number of fused-ring (bicyclic) bond motifs is 1. The van der Waals surface area contributed by atoms with Gasteiger partial charge in [0.2, 0.25) is 0 Å². The molecule has 0 radical (unpaired) electrons. The number of methoxy groups -OCH3 is 1. The SMILES string of the molecule is COC(=O)c1cncc(-c2ccc3ncnc(N[C@H](C)c4ccccc4)c3c2)c1. The molecule has 4 rings (SSSR count). The first-order valence-electron chi connectivity index (χ1n) is 9.25. The van der Waals surface area contributed by atoms with Crippen LogP contribution in [-0.2, 0) is 4.74 Å². The molecule has 0 spiro atoms. The van der Waals surface area contributed by atoms with Crippen LogP contribution in [0.4, 0.5) is 5.82 Å². The molecule has 2 aromatic heterocycles. The van der Waals surface area contributed by atoms with Gasteiger partial charge in [-0.25, -0.2) is 14.8 Å². The normalized spacial score (nSPS) is 11.8. The zero-order valence-corrected chi connectivity index (χ0v) is 16.2. The first kappa shape index (κ1) is 18.6. The largest absolute Gasteiger partial charge is 0.465 e. The Balaban J connectivity index is 1.72. The highest BCUT2D eigenvalue weighted by atomic mass is 16.5. The highest BCUT2D eigenvalue weighted by Gasteiger charge is 2.12. The van der Waals surface area contributed by atoms with E-state index in [1.807, 2.05) is 36.4 Å². The minimum atomic E-state index is -0.414. The van der Waals surface area contributed by atoms with Crippen LogP contribution in [0.3, 0.4) is 0 Å².